The maximum atomic E-state index is 13.3. The van der Waals surface area contributed by atoms with E-state index in [1.54, 1.807) is 0 Å². The van der Waals surface area contributed by atoms with E-state index in [9.17, 15) is 18.0 Å². The maximum absolute atomic E-state index is 13.3. The van der Waals surface area contributed by atoms with Gasteiger partial charge in [-0.05, 0) is 24.5 Å². The van der Waals surface area contributed by atoms with Gasteiger partial charge >= 0.3 is 0 Å². The van der Waals surface area contributed by atoms with Crippen molar-refractivity contribution >= 4 is 12.4 Å². The Kier molecular flexibility index (Phi) is 8.03. The van der Waals surface area contributed by atoms with E-state index in [4.69, 9.17) is 9.90 Å². The van der Waals surface area contributed by atoms with Gasteiger partial charge in [0.1, 0.15) is 5.82 Å². The van der Waals surface area contributed by atoms with Crippen LogP contribution in [-0.4, -0.2) is 23.5 Å². The Morgan fingerprint density at radius 1 is 1.30 bits per heavy atom. The molecule has 112 valence electrons. The van der Waals surface area contributed by atoms with Gasteiger partial charge in [-0.25, -0.2) is 13.2 Å². The van der Waals surface area contributed by atoms with Crippen LogP contribution in [0.3, 0.4) is 0 Å². The first-order chi connectivity index (χ1) is 9.35. The van der Waals surface area contributed by atoms with Gasteiger partial charge in [-0.15, -0.1) is 0 Å². The van der Waals surface area contributed by atoms with Crippen molar-refractivity contribution in [2.75, 3.05) is 0 Å². The second-order valence-electron chi connectivity index (χ2n) is 3.97. The summed E-state index contributed by atoms with van der Waals surface area (Å²) in [5.41, 5.74) is 0.0597. The van der Waals surface area contributed by atoms with Gasteiger partial charge in [-0.2, -0.15) is 0 Å². The topological polar surface area (TPSA) is 66.4 Å². The predicted molar refractivity (Wildman–Crippen MR) is 66.6 cm³/mol. The summed E-state index contributed by atoms with van der Waals surface area (Å²) in [7, 11) is 0. The molecule has 0 fully saturated rings. The van der Waals surface area contributed by atoms with E-state index in [1.165, 1.54) is 6.92 Å². The van der Waals surface area contributed by atoms with Gasteiger partial charge in [0.2, 0.25) is 5.91 Å². The Hall–Kier alpha value is -2.05. The van der Waals surface area contributed by atoms with Crippen LogP contribution in [-0.2, 0) is 16.0 Å². The van der Waals surface area contributed by atoms with Crippen LogP contribution in [0.25, 0.3) is 0 Å². The molecule has 0 radical (unpaired) electrons. The molecule has 20 heavy (non-hydrogen) atoms. The molecule has 7 heteroatoms. The van der Waals surface area contributed by atoms with E-state index >= 15 is 0 Å². The minimum Gasteiger partial charge on any atom is -0.483 e. The third-order valence-corrected chi connectivity index (χ3v) is 2.46. The fourth-order valence-corrected chi connectivity index (χ4v) is 1.57. The molecule has 0 saturated heterocycles. The molecule has 0 bridgehead atoms. The number of carbonyl (C=O) groups excluding carboxylic acids is 1. The number of hydrogen-bond acceptors (Lipinski definition) is 2. The average molecular weight is 291 g/mol. The summed E-state index contributed by atoms with van der Waals surface area (Å²) in [5.74, 6) is -3.33. The minimum atomic E-state index is -1.21. The molecule has 1 rings (SSSR count). The zero-order valence-electron chi connectivity index (χ0n) is 11.1. The molecule has 1 atom stereocenters. The normalized spacial score (nSPS) is 11.1. The summed E-state index contributed by atoms with van der Waals surface area (Å²) in [4.78, 5) is 19.2. The van der Waals surface area contributed by atoms with E-state index in [-0.39, 0.29) is 30.4 Å². The van der Waals surface area contributed by atoms with Gasteiger partial charge in [-0.1, -0.05) is 6.92 Å². The van der Waals surface area contributed by atoms with Crippen molar-refractivity contribution < 1.29 is 27.9 Å². The molecular weight excluding hydrogens is 275 g/mol. The summed E-state index contributed by atoms with van der Waals surface area (Å²) >= 11 is 0. The molecule has 0 heterocycles. The zero-order valence-corrected chi connectivity index (χ0v) is 11.1. The fraction of sp³-hybridized carbons (Fsp3) is 0.385. The van der Waals surface area contributed by atoms with E-state index in [0.717, 1.165) is 6.07 Å². The average Bonchev–Trinajstić information content (AvgIpc) is 2.35. The maximum Gasteiger partial charge on any atom is 0.290 e. The molecule has 0 aliphatic carbocycles. The van der Waals surface area contributed by atoms with Crippen LogP contribution in [0.2, 0.25) is 0 Å². The number of carboxylic acid groups (broad SMARTS) is 1. The van der Waals surface area contributed by atoms with E-state index in [0.29, 0.717) is 12.5 Å². The predicted octanol–water partition coefficient (Wildman–Crippen LogP) is 2.26. The second-order valence-corrected chi connectivity index (χ2v) is 3.97. The molecule has 1 unspecified atom stereocenters. The van der Waals surface area contributed by atoms with Crippen LogP contribution in [0.15, 0.2) is 12.1 Å². The molecule has 2 N–H and O–H groups in total. The van der Waals surface area contributed by atoms with Gasteiger partial charge in [0.05, 0.1) is 0 Å². The van der Waals surface area contributed by atoms with Crippen molar-refractivity contribution in [1.82, 2.24) is 5.32 Å². The van der Waals surface area contributed by atoms with Crippen LogP contribution >= 0.6 is 0 Å². The van der Waals surface area contributed by atoms with Crippen molar-refractivity contribution in [2.45, 2.75) is 32.7 Å². The number of hydrogen-bond donors (Lipinski definition) is 2. The number of halogens is 3. The molecule has 1 amide bonds. The van der Waals surface area contributed by atoms with Crippen LogP contribution in [0.4, 0.5) is 13.2 Å². The van der Waals surface area contributed by atoms with Crippen LogP contribution < -0.4 is 5.32 Å². The summed E-state index contributed by atoms with van der Waals surface area (Å²) < 4.78 is 39.0. The molecular formula is C13H16F3NO3. The first kappa shape index (κ1) is 17.9. The third kappa shape index (κ3) is 6.21. The van der Waals surface area contributed by atoms with E-state index in [1.807, 2.05) is 6.92 Å². The lowest BCUT2D eigenvalue weighted by atomic mass is 10.0. The number of benzene rings is 1. The number of amides is 1. The molecule has 0 aromatic heterocycles. The highest BCUT2D eigenvalue weighted by Crippen LogP contribution is 2.16. The van der Waals surface area contributed by atoms with Crippen molar-refractivity contribution in [3.8, 4) is 0 Å². The summed E-state index contributed by atoms with van der Waals surface area (Å²) in [6.07, 6.45) is 0.719. The molecule has 4 nitrogen and oxygen atoms in total. The molecule has 0 aliphatic rings. The van der Waals surface area contributed by atoms with Crippen molar-refractivity contribution in [3.63, 3.8) is 0 Å². The van der Waals surface area contributed by atoms with E-state index < -0.39 is 17.5 Å². The SMILES string of the molecule is CCC(Cc1cc(F)c(F)cc1F)NC(C)=O.O=CO. The van der Waals surface area contributed by atoms with Crippen molar-refractivity contribution in [1.29, 1.82) is 0 Å². The van der Waals surface area contributed by atoms with Crippen LogP contribution in [0.1, 0.15) is 25.8 Å². The Labute approximate surface area is 114 Å². The van der Waals surface area contributed by atoms with Gasteiger partial charge in [0.25, 0.3) is 6.47 Å². The fourth-order valence-electron chi connectivity index (χ4n) is 1.57. The number of rotatable bonds is 4. The van der Waals surface area contributed by atoms with Crippen molar-refractivity contribution in [2.24, 2.45) is 0 Å². The van der Waals surface area contributed by atoms with E-state index in [2.05, 4.69) is 5.32 Å². The Morgan fingerprint density at radius 3 is 2.25 bits per heavy atom. The molecule has 1 aromatic carbocycles. The van der Waals surface area contributed by atoms with Gasteiger partial charge in [-0.3, -0.25) is 9.59 Å². The van der Waals surface area contributed by atoms with Gasteiger partial charge in [0, 0.05) is 19.0 Å². The van der Waals surface area contributed by atoms with Gasteiger partial charge in [0.15, 0.2) is 11.6 Å². The minimum absolute atomic E-state index is 0.0597. The second kappa shape index (κ2) is 8.95. The third-order valence-electron chi connectivity index (χ3n) is 2.46. The summed E-state index contributed by atoms with van der Waals surface area (Å²) in [6, 6.07) is 1.06. The monoisotopic (exact) mass is 291 g/mol. The standard InChI is InChI=1S/C12H14F3NO.CH2O2/c1-3-9(16-7(2)17)4-8-5-11(14)12(15)6-10(8)13;2-1-3/h5-6,9H,3-4H2,1-2H3,(H,16,17);1H,(H,2,3). The first-order valence-electron chi connectivity index (χ1n) is 5.84. The molecule has 1 aromatic rings. The lowest BCUT2D eigenvalue weighted by Crippen LogP contribution is -2.34. The van der Waals surface area contributed by atoms with Crippen LogP contribution in [0, 0.1) is 17.5 Å². The van der Waals surface area contributed by atoms with Crippen molar-refractivity contribution in [3.05, 3.63) is 35.1 Å². The Bertz CT molecular complexity index is 466. The highest BCUT2D eigenvalue weighted by molar-refractivity contribution is 5.73. The summed E-state index contributed by atoms with van der Waals surface area (Å²) in [5, 5.41) is 9.51. The highest BCUT2D eigenvalue weighted by atomic mass is 19.2. The largest absolute Gasteiger partial charge is 0.483 e. The quantitative estimate of drug-likeness (QED) is 0.660. The Morgan fingerprint density at radius 2 is 1.80 bits per heavy atom. The molecule has 0 spiro atoms. The number of nitrogens with one attached hydrogen (secondary N) is 1. The zero-order chi connectivity index (χ0) is 15.7. The molecule has 0 saturated carbocycles. The first-order valence-corrected chi connectivity index (χ1v) is 5.84. The highest BCUT2D eigenvalue weighted by Gasteiger charge is 2.14. The Balaban J connectivity index is 0.00000110. The lowest BCUT2D eigenvalue weighted by Gasteiger charge is -2.16. The lowest BCUT2D eigenvalue weighted by molar-refractivity contribution is -0.123. The summed E-state index contributed by atoms with van der Waals surface area (Å²) in [6.45, 7) is 2.92. The smallest absolute Gasteiger partial charge is 0.290 e. The van der Waals surface area contributed by atoms with Gasteiger partial charge < -0.3 is 10.4 Å². The van der Waals surface area contributed by atoms with Crippen LogP contribution in [0.5, 0.6) is 0 Å². The number of carbonyl (C=O) groups is 2. The molecule has 0 aliphatic heterocycles.